The summed E-state index contributed by atoms with van der Waals surface area (Å²) in [6, 6.07) is 3.63. The number of ether oxygens (including phenoxy) is 1. The van der Waals surface area contributed by atoms with Crippen molar-refractivity contribution in [3.63, 3.8) is 0 Å². The molecule has 0 aromatic carbocycles. The third kappa shape index (κ3) is 3.28. The lowest BCUT2D eigenvalue weighted by molar-refractivity contribution is 0.0727. The van der Waals surface area contributed by atoms with Crippen LogP contribution in [0.2, 0.25) is 0 Å². The van der Waals surface area contributed by atoms with Gasteiger partial charge in [-0.1, -0.05) is 6.92 Å². The van der Waals surface area contributed by atoms with Gasteiger partial charge in [0.25, 0.3) is 5.91 Å². The molecule has 1 fully saturated rings. The lowest BCUT2D eigenvalue weighted by Gasteiger charge is -2.28. The molecule has 1 saturated heterocycles. The molecule has 1 aromatic heterocycles. The molecule has 2 atom stereocenters. The number of hydrogen-bond acceptors (Lipinski definition) is 4. The first kappa shape index (κ1) is 14.8. The van der Waals surface area contributed by atoms with Crippen LogP contribution in [-0.4, -0.2) is 35.7 Å². The molecule has 2 heterocycles. The first-order chi connectivity index (χ1) is 9.55. The molecule has 1 aliphatic heterocycles. The van der Waals surface area contributed by atoms with Crippen LogP contribution in [0.25, 0.3) is 0 Å². The van der Waals surface area contributed by atoms with Crippen LogP contribution in [0.5, 0.6) is 0 Å². The Hall–Kier alpha value is -1.62. The number of nitrogens with zero attached hydrogens (tertiary/aromatic N) is 1. The molecular formula is C15H23N3O2. The molecular weight excluding hydrogens is 254 g/mol. The van der Waals surface area contributed by atoms with E-state index in [1.165, 1.54) is 0 Å². The normalized spacial score (nSPS) is 25.4. The second-order valence-corrected chi connectivity index (χ2v) is 5.49. The van der Waals surface area contributed by atoms with Gasteiger partial charge in [0, 0.05) is 19.3 Å². The van der Waals surface area contributed by atoms with Crippen molar-refractivity contribution in [3.8, 4) is 0 Å². The van der Waals surface area contributed by atoms with Crippen molar-refractivity contribution in [1.82, 2.24) is 10.3 Å². The number of anilines is 1. The van der Waals surface area contributed by atoms with Crippen molar-refractivity contribution in [1.29, 1.82) is 0 Å². The second kappa shape index (κ2) is 6.22. The Morgan fingerprint density at radius 3 is 2.90 bits per heavy atom. The van der Waals surface area contributed by atoms with Gasteiger partial charge in [0.15, 0.2) is 0 Å². The lowest BCUT2D eigenvalue weighted by Crippen LogP contribution is -2.50. The van der Waals surface area contributed by atoms with Crippen LogP contribution in [0.15, 0.2) is 18.3 Å². The van der Waals surface area contributed by atoms with Gasteiger partial charge < -0.3 is 15.4 Å². The number of carbonyl (C=O) groups is 1. The van der Waals surface area contributed by atoms with Gasteiger partial charge >= 0.3 is 0 Å². The molecule has 0 radical (unpaired) electrons. The third-order valence-electron chi connectivity index (χ3n) is 3.87. The van der Waals surface area contributed by atoms with Gasteiger partial charge in [-0.15, -0.1) is 0 Å². The van der Waals surface area contributed by atoms with E-state index in [0.717, 1.165) is 25.2 Å². The SMILES string of the molecule is CCCNc1ccc(C(=O)NC2(C)CCOC2C)cn1. The molecule has 0 spiro atoms. The van der Waals surface area contributed by atoms with Crippen molar-refractivity contribution in [2.24, 2.45) is 0 Å². The fraction of sp³-hybridized carbons (Fsp3) is 0.600. The lowest BCUT2D eigenvalue weighted by atomic mass is 9.94. The summed E-state index contributed by atoms with van der Waals surface area (Å²) in [5.41, 5.74) is 0.281. The summed E-state index contributed by atoms with van der Waals surface area (Å²) in [7, 11) is 0. The Labute approximate surface area is 120 Å². The summed E-state index contributed by atoms with van der Waals surface area (Å²) < 4.78 is 5.53. The van der Waals surface area contributed by atoms with Crippen LogP contribution >= 0.6 is 0 Å². The molecule has 1 amide bonds. The molecule has 20 heavy (non-hydrogen) atoms. The van der Waals surface area contributed by atoms with E-state index < -0.39 is 0 Å². The topological polar surface area (TPSA) is 63.2 Å². The van der Waals surface area contributed by atoms with Crippen LogP contribution in [0.4, 0.5) is 5.82 Å². The summed E-state index contributed by atoms with van der Waals surface area (Å²) in [5.74, 6) is 0.701. The number of amides is 1. The molecule has 0 bridgehead atoms. The Kier molecular flexibility index (Phi) is 4.60. The van der Waals surface area contributed by atoms with Crippen LogP contribution in [0, 0.1) is 0 Å². The maximum Gasteiger partial charge on any atom is 0.253 e. The Balaban J connectivity index is 1.99. The van der Waals surface area contributed by atoms with Crippen LogP contribution in [0.1, 0.15) is 44.0 Å². The smallest absolute Gasteiger partial charge is 0.253 e. The van der Waals surface area contributed by atoms with Gasteiger partial charge in [0.05, 0.1) is 17.2 Å². The van der Waals surface area contributed by atoms with Gasteiger partial charge in [-0.25, -0.2) is 4.98 Å². The van der Waals surface area contributed by atoms with E-state index in [1.807, 2.05) is 19.9 Å². The van der Waals surface area contributed by atoms with Gasteiger partial charge in [-0.3, -0.25) is 4.79 Å². The van der Waals surface area contributed by atoms with Gasteiger partial charge in [-0.05, 0) is 38.8 Å². The van der Waals surface area contributed by atoms with Crippen molar-refractivity contribution in [2.45, 2.75) is 45.3 Å². The monoisotopic (exact) mass is 277 g/mol. The van der Waals surface area contributed by atoms with Crippen molar-refractivity contribution < 1.29 is 9.53 Å². The Morgan fingerprint density at radius 2 is 2.35 bits per heavy atom. The maximum atomic E-state index is 12.2. The van der Waals surface area contributed by atoms with Crippen LogP contribution < -0.4 is 10.6 Å². The Bertz CT molecular complexity index is 461. The minimum Gasteiger partial charge on any atom is -0.376 e. The summed E-state index contributed by atoms with van der Waals surface area (Å²) in [6.45, 7) is 7.68. The highest BCUT2D eigenvalue weighted by Gasteiger charge is 2.38. The van der Waals surface area contributed by atoms with Crippen molar-refractivity contribution >= 4 is 11.7 Å². The van der Waals surface area contributed by atoms with Gasteiger partial charge in [0.1, 0.15) is 5.82 Å². The molecule has 110 valence electrons. The number of hydrogen-bond donors (Lipinski definition) is 2. The average molecular weight is 277 g/mol. The molecule has 2 N–H and O–H groups in total. The fourth-order valence-corrected chi connectivity index (χ4v) is 2.22. The van der Waals surface area contributed by atoms with Crippen LogP contribution in [0.3, 0.4) is 0 Å². The van der Waals surface area contributed by atoms with E-state index in [9.17, 15) is 4.79 Å². The molecule has 0 saturated carbocycles. The van der Waals surface area contributed by atoms with E-state index in [1.54, 1.807) is 12.3 Å². The summed E-state index contributed by atoms with van der Waals surface area (Å²) in [6.07, 6.45) is 3.52. The van der Waals surface area contributed by atoms with E-state index in [0.29, 0.717) is 12.2 Å². The highest BCUT2D eigenvalue weighted by molar-refractivity contribution is 5.94. The minimum absolute atomic E-state index is 0.0323. The van der Waals surface area contributed by atoms with Gasteiger partial charge in [0.2, 0.25) is 0 Å². The van der Waals surface area contributed by atoms with E-state index >= 15 is 0 Å². The summed E-state index contributed by atoms with van der Waals surface area (Å²) >= 11 is 0. The fourth-order valence-electron chi connectivity index (χ4n) is 2.22. The van der Waals surface area contributed by atoms with Crippen molar-refractivity contribution in [2.75, 3.05) is 18.5 Å². The zero-order chi connectivity index (χ0) is 14.6. The van der Waals surface area contributed by atoms with E-state index in [2.05, 4.69) is 22.5 Å². The molecule has 2 unspecified atom stereocenters. The average Bonchev–Trinajstić information content (AvgIpc) is 2.76. The number of pyridine rings is 1. The first-order valence-electron chi connectivity index (χ1n) is 7.19. The Morgan fingerprint density at radius 1 is 1.55 bits per heavy atom. The second-order valence-electron chi connectivity index (χ2n) is 5.49. The standard InChI is InChI=1S/C15H23N3O2/c1-4-8-16-13-6-5-12(10-17-13)14(19)18-15(3)7-9-20-11(15)2/h5-6,10-11H,4,7-9H2,1-3H3,(H,16,17)(H,18,19). The number of carbonyl (C=O) groups excluding carboxylic acids is 1. The summed E-state index contributed by atoms with van der Waals surface area (Å²) in [4.78, 5) is 16.5. The third-order valence-corrected chi connectivity index (χ3v) is 3.87. The van der Waals surface area contributed by atoms with E-state index in [4.69, 9.17) is 4.74 Å². The predicted molar refractivity (Wildman–Crippen MR) is 78.9 cm³/mol. The largest absolute Gasteiger partial charge is 0.376 e. The zero-order valence-electron chi connectivity index (χ0n) is 12.4. The number of nitrogens with one attached hydrogen (secondary N) is 2. The molecule has 1 aromatic rings. The quantitative estimate of drug-likeness (QED) is 0.866. The molecule has 2 rings (SSSR count). The first-order valence-corrected chi connectivity index (χ1v) is 7.19. The number of aromatic nitrogens is 1. The van der Waals surface area contributed by atoms with E-state index in [-0.39, 0.29) is 17.6 Å². The highest BCUT2D eigenvalue weighted by atomic mass is 16.5. The van der Waals surface area contributed by atoms with Gasteiger partial charge in [-0.2, -0.15) is 0 Å². The minimum atomic E-state index is -0.295. The van der Waals surface area contributed by atoms with Crippen LogP contribution in [-0.2, 0) is 4.74 Å². The van der Waals surface area contributed by atoms with Crippen molar-refractivity contribution in [3.05, 3.63) is 23.9 Å². The zero-order valence-corrected chi connectivity index (χ0v) is 12.4. The molecule has 5 heteroatoms. The highest BCUT2D eigenvalue weighted by Crippen LogP contribution is 2.25. The maximum absolute atomic E-state index is 12.2. The molecule has 0 aliphatic carbocycles. The summed E-state index contributed by atoms with van der Waals surface area (Å²) in [5, 5.41) is 6.24. The number of rotatable bonds is 5. The predicted octanol–water partition coefficient (Wildman–Crippen LogP) is 2.20. The molecule has 1 aliphatic rings. The molecule has 5 nitrogen and oxygen atoms in total.